The van der Waals surface area contributed by atoms with Gasteiger partial charge in [0.15, 0.2) is 0 Å². The standard InChI is InChI=1S/C19H33N2Si/c1-19(2,3)20-22(4)14-15-13-18(21-11-7-8-12-21)17-10-6-5-9-16(15)17/h5-6,9-10,15-18,20H,7-8,11-14H2,1-4H3. The summed E-state index contributed by atoms with van der Waals surface area (Å²) in [6, 6.07) is 2.22. The first kappa shape index (κ1) is 16.5. The molecular weight excluding hydrogens is 284 g/mol. The second kappa shape index (κ2) is 6.62. The zero-order valence-corrected chi connectivity index (χ0v) is 15.8. The van der Waals surface area contributed by atoms with Crippen molar-refractivity contribution in [1.82, 2.24) is 9.88 Å². The molecule has 1 N–H and O–H groups in total. The lowest BCUT2D eigenvalue weighted by atomic mass is 9.86. The lowest BCUT2D eigenvalue weighted by Crippen LogP contribution is -2.46. The molecule has 0 bridgehead atoms. The largest absolute Gasteiger partial charge is 0.333 e. The maximum Gasteiger partial charge on any atom is 0.130 e. The van der Waals surface area contributed by atoms with Gasteiger partial charge >= 0.3 is 0 Å². The van der Waals surface area contributed by atoms with Gasteiger partial charge in [0.1, 0.15) is 8.96 Å². The number of allylic oxidation sites excluding steroid dienone is 3. The fraction of sp³-hybridized carbons (Fsp3) is 0.789. The minimum Gasteiger partial charge on any atom is -0.333 e. The van der Waals surface area contributed by atoms with Crippen molar-refractivity contribution >= 4 is 8.96 Å². The molecule has 0 aromatic heterocycles. The molecule has 0 aromatic rings. The summed E-state index contributed by atoms with van der Waals surface area (Å²) in [4.78, 5) is 6.66. The van der Waals surface area contributed by atoms with E-state index in [0.717, 1.165) is 23.8 Å². The lowest BCUT2D eigenvalue weighted by Gasteiger charge is -2.30. The number of hydrogen-bond donors (Lipinski definition) is 1. The van der Waals surface area contributed by atoms with Crippen LogP contribution < -0.4 is 4.98 Å². The molecule has 1 radical (unpaired) electrons. The van der Waals surface area contributed by atoms with Crippen LogP contribution in [-0.4, -0.2) is 38.5 Å². The van der Waals surface area contributed by atoms with Gasteiger partial charge in [0.2, 0.25) is 0 Å². The van der Waals surface area contributed by atoms with E-state index < -0.39 is 8.96 Å². The first-order chi connectivity index (χ1) is 10.4. The predicted molar refractivity (Wildman–Crippen MR) is 97.3 cm³/mol. The van der Waals surface area contributed by atoms with Crippen LogP contribution in [0.5, 0.6) is 0 Å². The smallest absolute Gasteiger partial charge is 0.130 e. The molecule has 22 heavy (non-hydrogen) atoms. The van der Waals surface area contributed by atoms with Crippen LogP contribution in [0.1, 0.15) is 40.0 Å². The molecule has 0 aromatic carbocycles. The van der Waals surface area contributed by atoms with Gasteiger partial charge in [0.05, 0.1) is 0 Å². The maximum atomic E-state index is 3.87. The first-order valence-corrected chi connectivity index (χ1v) is 11.3. The highest BCUT2D eigenvalue weighted by atomic mass is 28.3. The Bertz CT molecular complexity index is 431. The van der Waals surface area contributed by atoms with Crippen molar-refractivity contribution < 1.29 is 0 Å². The van der Waals surface area contributed by atoms with Crippen molar-refractivity contribution in [1.29, 1.82) is 0 Å². The molecule has 2 aliphatic carbocycles. The zero-order valence-electron chi connectivity index (χ0n) is 14.8. The Labute approximate surface area is 138 Å². The normalized spacial score (nSPS) is 35.5. The highest BCUT2D eigenvalue weighted by molar-refractivity contribution is 6.54. The third kappa shape index (κ3) is 3.74. The number of likely N-dealkylation sites (tertiary alicyclic amines) is 1. The van der Waals surface area contributed by atoms with Crippen LogP contribution in [0.2, 0.25) is 12.6 Å². The average molecular weight is 318 g/mol. The SMILES string of the molecule is C[Si](CC1CC(N2CCCC2)C2C=CC=CC12)NC(C)(C)C. The minimum atomic E-state index is -0.452. The predicted octanol–water partition coefficient (Wildman–Crippen LogP) is 3.84. The van der Waals surface area contributed by atoms with Gasteiger partial charge in [-0.05, 0) is 76.9 Å². The summed E-state index contributed by atoms with van der Waals surface area (Å²) in [7, 11) is -0.452. The minimum absolute atomic E-state index is 0.262. The monoisotopic (exact) mass is 317 g/mol. The molecule has 123 valence electrons. The zero-order chi connectivity index (χ0) is 15.7. The van der Waals surface area contributed by atoms with Crippen molar-refractivity contribution in [2.45, 2.75) is 64.2 Å². The fourth-order valence-electron chi connectivity index (χ4n) is 4.89. The molecule has 3 rings (SSSR count). The Morgan fingerprint density at radius 1 is 1.09 bits per heavy atom. The summed E-state index contributed by atoms with van der Waals surface area (Å²) in [5.41, 5.74) is 0.262. The molecule has 2 nitrogen and oxygen atoms in total. The fourth-order valence-corrected chi connectivity index (χ4v) is 7.50. The van der Waals surface area contributed by atoms with Crippen molar-refractivity contribution in [3.63, 3.8) is 0 Å². The van der Waals surface area contributed by atoms with Gasteiger partial charge in [-0.15, -0.1) is 0 Å². The summed E-state index contributed by atoms with van der Waals surface area (Å²) in [5.74, 6) is 2.44. The molecule has 1 saturated heterocycles. The molecular formula is C19H33N2Si. The molecule has 3 aliphatic rings. The topological polar surface area (TPSA) is 15.3 Å². The molecule has 1 saturated carbocycles. The van der Waals surface area contributed by atoms with Crippen LogP contribution >= 0.6 is 0 Å². The molecule has 4 atom stereocenters. The Kier molecular flexibility index (Phi) is 4.96. The van der Waals surface area contributed by atoms with E-state index in [1.165, 1.54) is 38.4 Å². The van der Waals surface area contributed by atoms with E-state index in [1.807, 2.05) is 0 Å². The number of rotatable bonds is 4. The lowest BCUT2D eigenvalue weighted by molar-refractivity contribution is 0.210. The van der Waals surface area contributed by atoms with Gasteiger partial charge in [-0.3, -0.25) is 4.90 Å². The van der Waals surface area contributed by atoms with Gasteiger partial charge < -0.3 is 4.98 Å². The second-order valence-corrected chi connectivity index (χ2v) is 10.8. The van der Waals surface area contributed by atoms with Crippen molar-refractivity contribution in [3.8, 4) is 0 Å². The summed E-state index contributed by atoms with van der Waals surface area (Å²) in [6.07, 6.45) is 13.8. The molecule has 1 aliphatic heterocycles. The van der Waals surface area contributed by atoms with Crippen LogP contribution in [-0.2, 0) is 0 Å². The molecule has 0 amide bonds. The molecule has 0 spiro atoms. The van der Waals surface area contributed by atoms with Crippen molar-refractivity contribution in [2.24, 2.45) is 17.8 Å². The number of fused-ring (bicyclic) bond motifs is 1. The van der Waals surface area contributed by atoms with E-state index in [2.05, 4.69) is 61.5 Å². The van der Waals surface area contributed by atoms with Gasteiger partial charge in [-0.2, -0.15) is 0 Å². The molecule has 3 heteroatoms. The quantitative estimate of drug-likeness (QED) is 0.793. The van der Waals surface area contributed by atoms with E-state index in [-0.39, 0.29) is 5.54 Å². The summed E-state index contributed by atoms with van der Waals surface area (Å²) in [6.45, 7) is 12.0. The number of nitrogens with zero attached hydrogens (tertiary/aromatic N) is 1. The van der Waals surface area contributed by atoms with E-state index in [1.54, 1.807) is 0 Å². The van der Waals surface area contributed by atoms with Gasteiger partial charge in [0.25, 0.3) is 0 Å². The Morgan fingerprint density at radius 2 is 1.73 bits per heavy atom. The van der Waals surface area contributed by atoms with E-state index in [0.29, 0.717) is 0 Å². The third-order valence-electron chi connectivity index (χ3n) is 5.52. The molecule has 2 fully saturated rings. The first-order valence-electron chi connectivity index (χ1n) is 9.14. The number of hydrogen-bond acceptors (Lipinski definition) is 2. The highest BCUT2D eigenvalue weighted by Crippen LogP contribution is 2.46. The van der Waals surface area contributed by atoms with Crippen LogP contribution in [0.15, 0.2) is 24.3 Å². The average Bonchev–Trinajstić information content (AvgIpc) is 3.05. The third-order valence-corrected chi connectivity index (χ3v) is 7.84. The highest BCUT2D eigenvalue weighted by Gasteiger charge is 2.44. The van der Waals surface area contributed by atoms with Crippen LogP contribution in [0.25, 0.3) is 0 Å². The van der Waals surface area contributed by atoms with E-state index in [4.69, 9.17) is 0 Å². The second-order valence-electron chi connectivity index (χ2n) is 8.59. The van der Waals surface area contributed by atoms with E-state index in [9.17, 15) is 0 Å². The summed E-state index contributed by atoms with van der Waals surface area (Å²) >= 11 is 0. The van der Waals surface area contributed by atoms with Crippen LogP contribution in [0.3, 0.4) is 0 Å². The van der Waals surface area contributed by atoms with Crippen LogP contribution in [0, 0.1) is 17.8 Å². The maximum absolute atomic E-state index is 3.87. The van der Waals surface area contributed by atoms with Gasteiger partial charge in [-0.25, -0.2) is 0 Å². The summed E-state index contributed by atoms with van der Waals surface area (Å²) < 4.78 is 0. The Hall–Kier alpha value is -0.383. The Morgan fingerprint density at radius 3 is 2.36 bits per heavy atom. The van der Waals surface area contributed by atoms with Crippen molar-refractivity contribution in [2.75, 3.05) is 13.1 Å². The van der Waals surface area contributed by atoms with Crippen LogP contribution in [0.4, 0.5) is 0 Å². The van der Waals surface area contributed by atoms with Crippen molar-refractivity contribution in [3.05, 3.63) is 24.3 Å². The Balaban J connectivity index is 1.66. The van der Waals surface area contributed by atoms with Gasteiger partial charge in [-0.1, -0.05) is 30.9 Å². The number of nitrogens with one attached hydrogen (secondary N) is 1. The van der Waals surface area contributed by atoms with E-state index >= 15 is 0 Å². The molecule has 1 heterocycles. The molecule has 4 unspecified atom stereocenters. The van der Waals surface area contributed by atoms with Gasteiger partial charge in [0, 0.05) is 11.6 Å². The summed E-state index contributed by atoms with van der Waals surface area (Å²) in [5, 5.41) is 0.